The molecule has 192 valence electrons. The Hall–Kier alpha value is -5.44. The third-order valence-corrected chi connectivity index (χ3v) is 6.24. The lowest BCUT2D eigenvalue weighted by Crippen LogP contribution is -2.20. The first kappa shape index (κ1) is 23.9. The van der Waals surface area contributed by atoms with Crippen molar-refractivity contribution in [2.24, 2.45) is 5.10 Å². The smallest absolute Gasteiger partial charge is 0.338 e. The van der Waals surface area contributed by atoms with Crippen molar-refractivity contribution < 1.29 is 23.1 Å². The van der Waals surface area contributed by atoms with E-state index in [1.54, 1.807) is 67.8 Å². The molecule has 3 aromatic heterocycles. The average molecular weight is 520 g/mol. The predicted molar refractivity (Wildman–Crippen MR) is 146 cm³/mol. The minimum Gasteiger partial charge on any atom is -0.496 e. The van der Waals surface area contributed by atoms with Crippen LogP contribution < -0.4 is 10.3 Å². The van der Waals surface area contributed by atoms with Crippen molar-refractivity contribution >= 4 is 34.1 Å². The summed E-state index contributed by atoms with van der Waals surface area (Å²) in [6, 6.07) is 24.6. The Labute approximate surface area is 221 Å². The van der Waals surface area contributed by atoms with Crippen LogP contribution in [0.3, 0.4) is 0 Å². The predicted octanol–water partition coefficient (Wildman–Crippen LogP) is 5.75. The highest BCUT2D eigenvalue weighted by atomic mass is 16.5. The molecule has 0 aliphatic heterocycles. The number of fused-ring (bicyclic) bond motifs is 2. The Kier molecular flexibility index (Phi) is 6.01. The van der Waals surface area contributed by atoms with Crippen LogP contribution in [-0.4, -0.2) is 36.1 Å². The first-order valence-electron chi connectivity index (χ1n) is 12.0. The Morgan fingerprint density at radius 3 is 2.56 bits per heavy atom. The highest BCUT2D eigenvalue weighted by molar-refractivity contribution is 5.96. The van der Waals surface area contributed by atoms with E-state index in [4.69, 9.17) is 23.3 Å². The van der Waals surface area contributed by atoms with Gasteiger partial charge in [-0.05, 0) is 48.5 Å². The first-order valence-corrected chi connectivity index (χ1v) is 12.0. The highest BCUT2D eigenvalue weighted by Gasteiger charge is 2.19. The zero-order valence-corrected chi connectivity index (χ0v) is 21.0. The molecule has 9 nitrogen and oxygen atoms in total. The molecule has 0 radical (unpaired) electrons. The van der Waals surface area contributed by atoms with E-state index in [1.807, 2.05) is 24.3 Å². The number of ether oxygens (including phenoxy) is 2. The summed E-state index contributed by atoms with van der Waals surface area (Å²) in [5.41, 5.74) is 1.67. The van der Waals surface area contributed by atoms with Crippen LogP contribution in [-0.2, 0) is 4.74 Å². The van der Waals surface area contributed by atoms with Crippen molar-refractivity contribution in [1.82, 2.24) is 9.66 Å². The Bertz CT molecular complexity index is 1950. The maximum absolute atomic E-state index is 13.5. The van der Waals surface area contributed by atoms with Crippen molar-refractivity contribution in [1.29, 1.82) is 0 Å². The molecule has 0 aliphatic rings. The lowest BCUT2D eigenvalue weighted by Gasteiger charge is -2.07. The number of furan rings is 2. The lowest BCUT2D eigenvalue weighted by atomic mass is 10.1. The number of hydrogen-bond donors (Lipinski definition) is 0. The molecule has 6 aromatic rings. The molecule has 0 amide bonds. The van der Waals surface area contributed by atoms with Gasteiger partial charge in [0.1, 0.15) is 22.9 Å². The van der Waals surface area contributed by atoms with E-state index in [9.17, 15) is 9.59 Å². The summed E-state index contributed by atoms with van der Waals surface area (Å²) in [7, 11) is 2.90. The van der Waals surface area contributed by atoms with Gasteiger partial charge in [-0.1, -0.05) is 36.4 Å². The first-order chi connectivity index (χ1) is 19.1. The van der Waals surface area contributed by atoms with Crippen LogP contribution in [0.15, 0.2) is 104 Å². The van der Waals surface area contributed by atoms with Gasteiger partial charge in [0.2, 0.25) is 5.82 Å². The van der Waals surface area contributed by atoms with Crippen LogP contribution in [0.5, 0.6) is 5.75 Å². The van der Waals surface area contributed by atoms with E-state index in [1.165, 1.54) is 18.0 Å². The summed E-state index contributed by atoms with van der Waals surface area (Å²) in [5, 5.41) is 5.58. The molecular formula is C30H21N3O6. The second-order valence-electron chi connectivity index (χ2n) is 8.54. The zero-order valence-electron chi connectivity index (χ0n) is 21.0. The van der Waals surface area contributed by atoms with Gasteiger partial charge < -0.3 is 18.3 Å². The van der Waals surface area contributed by atoms with Gasteiger partial charge in [-0.15, -0.1) is 0 Å². The molecule has 0 bridgehead atoms. The molecule has 0 unspecified atom stereocenters. The summed E-state index contributed by atoms with van der Waals surface area (Å²) in [6.45, 7) is 0. The van der Waals surface area contributed by atoms with Gasteiger partial charge in [-0.25, -0.2) is 9.78 Å². The summed E-state index contributed by atoms with van der Waals surface area (Å²) >= 11 is 0. The minimum absolute atomic E-state index is 0.219. The summed E-state index contributed by atoms with van der Waals surface area (Å²) in [5.74, 6) is 1.54. The van der Waals surface area contributed by atoms with Gasteiger partial charge in [-0.2, -0.15) is 9.78 Å². The summed E-state index contributed by atoms with van der Waals surface area (Å²) in [6.07, 6.45) is 1.41. The van der Waals surface area contributed by atoms with Crippen molar-refractivity contribution in [3.05, 3.63) is 107 Å². The molecule has 0 spiro atoms. The van der Waals surface area contributed by atoms with Crippen LogP contribution in [0.25, 0.3) is 44.8 Å². The number of carbonyl (C=O) groups is 1. The third kappa shape index (κ3) is 4.25. The summed E-state index contributed by atoms with van der Waals surface area (Å²) < 4.78 is 23.5. The fourth-order valence-corrected chi connectivity index (χ4v) is 4.38. The second kappa shape index (κ2) is 9.79. The molecule has 0 N–H and O–H groups in total. The number of rotatable bonds is 6. The van der Waals surface area contributed by atoms with E-state index in [2.05, 4.69) is 5.10 Å². The Morgan fingerprint density at radius 1 is 0.897 bits per heavy atom. The quantitative estimate of drug-likeness (QED) is 0.204. The van der Waals surface area contributed by atoms with Gasteiger partial charge in [0.25, 0.3) is 5.56 Å². The molecule has 0 fully saturated rings. The molecule has 0 atom stereocenters. The normalized spacial score (nSPS) is 11.4. The Morgan fingerprint density at radius 2 is 1.72 bits per heavy atom. The van der Waals surface area contributed by atoms with Gasteiger partial charge in [0.15, 0.2) is 5.76 Å². The van der Waals surface area contributed by atoms with Crippen LogP contribution >= 0.6 is 0 Å². The largest absolute Gasteiger partial charge is 0.496 e. The molecule has 0 aliphatic carbocycles. The van der Waals surface area contributed by atoms with Gasteiger partial charge in [0, 0.05) is 5.56 Å². The molecule has 3 heterocycles. The number of methoxy groups -OCH3 is 2. The average Bonchev–Trinajstić information content (AvgIpc) is 3.63. The van der Waals surface area contributed by atoms with E-state index >= 15 is 0 Å². The fourth-order valence-electron chi connectivity index (χ4n) is 4.38. The van der Waals surface area contributed by atoms with Crippen LogP contribution in [0, 0.1) is 0 Å². The molecule has 0 saturated carbocycles. The number of para-hydroxylation sites is 1. The standard InChI is InChI=1S/C30H21N3O6/c1-36-24-12-7-13-25-22(24)16-27(39-25)28-32-23-11-6-5-10-21(23)29(34)33(28)31-17-18-14-15-26(38-18)19-8-3-4-9-20(19)30(35)37-2/h3-17H,1-2H3. The zero-order chi connectivity index (χ0) is 26.9. The number of benzene rings is 3. The van der Waals surface area contributed by atoms with E-state index < -0.39 is 5.97 Å². The maximum atomic E-state index is 13.5. The van der Waals surface area contributed by atoms with Crippen LogP contribution in [0.1, 0.15) is 16.1 Å². The number of esters is 1. The highest BCUT2D eigenvalue weighted by Crippen LogP contribution is 2.33. The monoisotopic (exact) mass is 519 g/mol. The second-order valence-corrected chi connectivity index (χ2v) is 8.54. The van der Waals surface area contributed by atoms with Crippen molar-refractivity contribution in [3.63, 3.8) is 0 Å². The van der Waals surface area contributed by atoms with Crippen molar-refractivity contribution in [2.75, 3.05) is 14.2 Å². The van der Waals surface area contributed by atoms with Gasteiger partial charge in [0.05, 0.1) is 42.3 Å². The Balaban J connectivity index is 1.46. The van der Waals surface area contributed by atoms with E-state index in [-0.39, 0.29) is 11.4 Å². The number of hydrogen-bond acceptors (Lipinski definition) is 8. The molecule has 6 rings (SSSR count). The summed E-state index contributed by atoms with van der Waals surface area (Å²) in [4.78, 5) is 30.4. The number of carbonyl (C=O) groups excluding carboxylic acids is 1. The SMILES string of the molecule is COC(=O)c1ccccc1-c1ccc(C=Nn2c(-c3cc4c(OC)cccc4o3)nc3ccccc3c2=O)o1. The van der Waals surface area contributed by atoms with E-state index in [0.29, 0.717) is 50.6 Å². The minimum atomic E-state index is -0.474. The topological polar surface area (TPSA) is 109 Å². The van der Waals surface area contributed by atoms with Gasteiger partial charge in [-0.3, -0.25) is 4.79 Å². The van der Waals surface area contributed by atoms with E-state index in [0.717, 1.165) is 5.39 Å². The molecule has 9 heteroatoms. The van der Waals surface area contributed by atoms with Crippen LogP contribution in [0.2, 0.25) is 0 Å². The molecular weight excluding hydrogens is 498 g/mol. The lowest BCUT2D eigenvalue weighted by molar-refractivity contribution is 0.0601. The van der Waals surface area contributed by atoms with Gasteiger partial charge >= 0.3 is 5.97 Å². The third-order valence-electron chi connectivity index (χ3n) is 6.24. The van der Waals surface area contributed by atoms with Crippen molar-refractivity contribution in [3.8, 4) is 28.7 Å². The molecule has 0 saturated heterocycles. The number of aromatic nitrogens is 2. The molecule has 3 aromatic carbocycles. The molecule has 39 heavy (non-hydrogen) atoms. The van der Waals surface area contributed by atoms with Crippen molar-refractivity contribution in [2.45, 2.75) is 0 Å². The number of nitrogens with zero attached hydrogens (tertiary/aromatic N) is 3. The maximum Gasteiger partial charge on any atom is 0.338 e. The fraction of sp³-hybridized carbons (Fsp3) is 0.0667. The van der Waals surface area contributed by atoms with Crippen LogP contribution in [0.4, 0.5) is 0 Å².